The number of anilines is 1. The maximum absolute atomic E-state index is 13.3. The summed E-state index contributed by atoms with van der Waals surface area (Å²) in [6.45, 7) is 0.542. The Morgan fingerprint density at radius 3 is 2.59 bits per heavy atom. The third-order valence-corrected chi connectivity index (χ3v) is 5.17. The van der Waals surface area contributed by atoms with E-state index >= 15 is 0 Å². The van der Waals surface area contributed by atoms with Gasteiger partial charge >= 0.3 is 6.18 Å². The number of alkyl halides is 3. The summed E-state index contributed by atoms with van der Waals surface area (Å²) in [6, 6.07) is 11.8. The van der Waals surface area contributed by atoms with Crippen molar-refractivity contribution in [2.75, 3.05) is 11.4 Å². The molecule has 0 radical (unpaired) electrons. The molecule has 3 N–H and O–H groups in total. The highest BCUT2D eigenvalue weighted by Crippen LogP contribution is 2.37. The molecular formula is C21H19F3N3O2+. The molecule has 3 aromatic rings. The van der Waals surface area contributed by atoms with E-state index in [9.17, 15) is 22.8 Å². The van der Waals surface area contributed by atoms with Crippen molar-refractivity contribution in [1.29, 1.82) is 0 Å². The van der Waals surface area contributed by atoms with Gasteiger partial charge in [0.15, 0.2) is 6.04 Å². The van der Waals surface area contributed by atoms with E-state index in [1.54, 1.807) is 5.32 Å². The number of nitrogens with two attached hydrogens (primary N) is 1. The first-order valence-corrected chi connectivity index (χ1v) is 9.27. The lowest BCUT2D eigenvalue weighted by atomic mass is 10.1. The van der Waals surface area contributed by atoms with Gasteiger partial charge in [-0.3, -0.25) is 9.59 Å². The number of nitrogens with one attached hydrogen (secondary N) is 1. The van der Waals surface area contributed by atoms with Gasteiger partial charge in [0.1, 0.15) is 0 Å². The quantitative estimate of drug-likeness (QED) is 0.645. The number of aromatic amines is 1. The molecule has 4 rings (SSSR count). The van der Waals surface area contributed by atoms with E-state index in [0.717, 1.165) is 28.6 Å². The van der Waals surface area contributed by atoms with Crippen LogP contribution < -0.4 is 10.2 Å². The SMILES string of the molecule is O=C1C[C@H]([NH2+]CCc2c[nH]c3ccccc23)C(=O)N1c1ccccc1C(F)(F)F. The molecule has 1 fully saturated rings. The van der Waals surface area contributed by atoms with E-state index in [4.69, 9.17) is 0 Å². The number of aromatic nitrogens is 1. The van der Waals surface area contributed by atoms with Crippen LogP contribution in [0.1, 0.15) is 17.5 Å². The Balaban J connectivity index is 1.47. The van der Waals surface area contributed by atoms with Gasteiger partial charge in [-0.15, -0.1) is 0 Å². The van der Waals surface area contributed by atoms with Crippen LogP contribution in [0.15, 0.2) is 54.7 Å². The Kier molecular flexibility index (Phi) is 4.87. The fourth-order valence-corrected chi connectivity index (χ4v) is 3.78. The number of benzene rings is 2. The second-order valence-electron chi connectivity index (χ2n) is 7.03. The molecular weight excluding hydrogens is 383 g/mol. The van der Waals surface area contributed by atoms with Crippen molar-refractivity contribution < 1.29 is 28.1 Å². The molecule has 2 amide bonds. The molecule has 5 nitrogen and oxygen atoms in total. The predicted molar refractivity (Wildman–Crippen MR) is 101 cm³/mol. The van der Waals surface area contributed by atoms with Gasteiger partial charge < -0.3 is 10.3 Å². The Bertz CT molecular complexity index is 1070. The molecule has 1 aliphatic rings. The number of hydrogen-bond acceptors (Lipinski definition) is 2. The van der Waals surface area contributed by atoms with Crippen molar-refractivity contribution in [3.05, 3.63) is 65.9 Å². The Labute approximate surface area is 164 Å². The highest BCUT2D eigenvalue weighted by molar-refractivity contribution is 6.22. The summed E-state index contributed by atoms with van der Waals surface area (Å²) in [5.74, 6) is -1.22. The Hall–Kier alpha value is -3.13. The van der Waals surface area contributed by atoms with E-state index < -0.39 is 35.3 Å². The molecule has 8 heteroatoms. The number of para-hydroxylation sites is 2. The zero-order valence-electron chi connectivity index (χ0n) is 15.4. The maximum atomic E-state index is 13.3. The summed E-state index contributed by atoms with van der Waals surface area (Å²) in [5.41, 5.74) is 0.723. The molecule has 0 saturated carbocycles. The molecule has 1 atom stereocenters. The van der Waals surface area contributed by atoms with E-state index in [1.165, 1.54) is 12.1 Å². The van der Waals surface area contributed by atoms with Gasteiger partial charge in [-0.1, -0.05) is 30.3 Å². The van der Waals surface area contributed by atoms with Crippen molar-refractivity contribution in [2.45, 2.75) is 25.1 Å². The summed E-state index contributed by atoms with van der Waals surface area (Å²) < 4.78 is 39.8. The number of amides is 2. The number of halogens is 3. The molecule has 29 heavy (non-hydrogen) atoms. The minimum absolute atomic E-state index is 0.112. The molecule has 1 aliphatic heterocycles. The average molecular weight is 402 g/mol. The fraction of sp³-hybridized carbons (Fsp3) is 0.238. The van der Waals surface area contributed by atoms with Gasteiger partial charge in [0.25, 0.3) is 5.91 Å². The van der Waals surface area contributed by atoms with Gasteiger partial charge in [-0.25, -0.2) is 4.90 Å². The lowest BCUT2D eigenvalue weighted by Gasteiger charge is -2.19. The third-order valence-electron chi connectivity index (χ3n) is 5.17. The van der Waals surface area contributed by atoms with Crippen LogP contribution >= 0.6 is 0 Å². The van der Waals surface area contributed by atoms with Gasteiger partial charge in [0.2, 0.25) is 5.91 Å². The molecule has 0 aliphatic carbocycles. The first-order valence-electron chi connectivity index (χ1n) is 9.27. The van der Waals surface area contributed by atoms with E-state index in [2.05, 4.69) is 4.98 Å². The minimum atomic E-state index is -4.64. The lowest BCUT2D eigenvalue weighted by Crippen LogP contribution is -2.92. The number of rotatable bonds is 5. The van der Waals surface area contributed by atoms with Gasteiger partial charge in [-0.05, 0) is 23.8 Å². The van der Waals surface area contributed by atoms with Gasteiger partial charge in [-0.2, -0.15) is 13.2 Å². The highest BCUT2D eigenvalue weighted by Gasteiger charge is 2.45. The lowest BCUT2D eigenvalue weighted by molar-refractivity contribution is -0.674. The fourth-order valence-electron chi connectivity index (χ4n) is 3.78. The van der Waals surface area contributed by atoms with Crippen LogP contribution in [0.2, 0.25) is 0 Å². The van der Waals surface area contributed by atoms with Crippen LogP contribution in [0.4, 0.5) is 18.9 Å². The van der Waals surface area contributed by atoms with E-state index in [0.29, 0.717) is 17.9 Å². The zero-order valence-corrected chi connectivity index (χ0v) is 15.4. The van der Waals surface area contributed by atoms with Crippen LogP contribution in [-0.4, -0.2) is 29.4 Å². The number of nitrogens with zero attached hydrogens (tertiary/aromatic N) is 1. The molecule has 2 heterocycles. The number of fused-ring (bicyclic) bond motifs is 1. The van der Waals surface area contributed by atoms with Gasteiger partial charge in [0.05, 0.1) is 24.2 Å². The summed E-state index contributed by atoms with van der Waals surface area (Å²) in [4.78, 5) is 28.9. The summed E-state index contributed by atoms with van der Waals surface area (Å²) >= 11 is 0. The standard InChI is InChI=1S/C21H18F3N3O2/c22-21(23,24)15-6-2-4-8-18(15)27-19(28)11-17(20(27)29)25-10-9-13-12-26-16-7-3-1-5-14(13)16/h1-8,12,17,25-26H,9-11H2/p+1/t17-/m0/s1. The molecule has 2 aromatic carbocycles. The largest absolute Gasteiger partial charge is 0.418 e. The molecule has 0 bridgehead atoms. The average Bonchev–Trinajstić information content (AvgIpc) is 3.22. The van der Waals surface area contributed by atoms with Crippen molar-refractivity contribution >= 4 is 28.4 Å². The van der Waals surface area contributed by atoms with E-state index in [-0.39, 0.29) is 6.42 Å². The molecule has 150 valence electrons. The molecule has 0 unspecified atom stereocenters. The van der Waals surface area contributed by atoms with Crippen molar-refractivity contribution in [1.82, 2.24) is 4.98 Å². The summed E-state index contributed by atoms with van der Waals surface area (Å²) in [6.07, 6.45) is -2.18. The summed E-state index contributed by atoms with van der Waals surface area (Å²) in [7, 11) is 0. The molecule has 0 spiro atoms. The number of carbonyl (C=O) groups is 2. The first kappa shape index (κ1) is 19.2. The minimum Gasteiger partial charge on any atom is -0.361 e. The topological polar surface area (TPSA) is 69.8 Å². The number of imide groups is 1. The van der Waals surface area contributed by atoms with Crippen molar-refractivity contribution in [2.24, 2.45) is 0 Å². The Morgan fingerprint density at radius 1 is 1.07 bits per heavy atom. The molecule has 1 saturated heterocycles. The smallest absolute Gasteiger partial charge is 0.361 e. The van der Waals surface area contributed by atoms with Crippen LogP contribution in [0.3, 0.4) is 0 Å². The highest BCUT2D eigenvalue weighted by atomic mass is 19.4. The van der Waals surface area contributed by atoms with Crippen molar-refractivity contribution in [3.63, 3.8) is 0 Å². The van der Waals surface area contributed by atoms with E-state index in [1.807, 2.05) is 30.5 Å². The number of hydrogen-bond donors (Lipinski definition) is 2. The van der Waals surface area contributed by atoms with Crippen molar-refractivity contribution in [3.8, 4) is 0 Å². The number of carbonyl (C=O) groups excluding carboxylic acids is 2. The third kappa shape index (κ3) is 3.63. The monoisotopic (exact) mass is 402 g/mol. The summed E-state index contributed by atoms with van der Waals surface area (Å²) in [5, 5.41) is 2.83. The first-order chi connectivity index (χ1) is 13.9. The zero-order chi connectivity index (χ0) is 20.6. The van der Waals surface area contributed by atoms with Crippen LogP contribution in [0.25, 0.3) is 10.9 Å². The predicted octanol–water partition coefficient (Wildman–Crippen LogP) is 2.62. The number of H-pyrrole nitrogens is 1. The maximum Gasteiger partial charge on any atom is 0.418 e. The Morgan fingerprint density at radius 2 is 1.79 bits per heavy atom. The van der Waals surface area contributed by atoms with Crippen LogP contribution in [-0.2, 0) is 22.2 Å². The van der Waals surface area contributed by atoms with Gasteiger partial charge in [0, 0.05) is 23.5 Å². The normalized spacial score (nSPS) is 17.5. The van der Waals surface area contributed by atoms with Crippen LogP contribution in [0.5, 0.6) is 0 Å². The van der Waals surface area contributed by atoms with Crippen LogP contribution in [0, 0.1) is 0 Å². The second-order valence-corrected chi connectivity index (χ2v) is 7.03. The number of quaternary nitrogens is 1. The second kappa shape index (κ2) is 7.36. The molecule has 1 aromatic heterocycles.